The molecule has 0 radical (unpaired) electrons. The molecule has 2 aromatic rings. The third kappa shape index (κ3) is 4.38. The van der Waals surface area contributed by atoms with Crippen molar-refractivity contribution in [2.45, 2.75) is 26.3 Å². The second kappa shape index (κ2) is 7.04. The second-order valence-corrected chi connectivity index (χ2v) is 5.45. The van der Waals surface area contributed by atoms with E-state index in [0.29, 0.717) is 11.3 Å². The number of hydrogen-bond acceptors (Lipinski definition) is 4. The first-order valence-corrected chi connectivity index (χ1v) is 7.09. The van der Waals surface area contributed by atoms with Crippen LogP contribution in [0.3, 0.4) is 0 Å². The van der Waals surface area contributed by atoms with Crippen molar-refractivity contribution >= 4 is 11.9 Å². The van der Waals surface area contributed by atoms with Crippen molar-refractivity contribution in [2.24, 2.45) is 0 Å². The normalized spacial score (nSPS) is 10.8. The van der Waals surface area contributed by atoms with Crippen LogP contribution in [0, 0.1) is 5.82 Å². The molecule has 122 valence electrons. The molecule has 7 heteroatoms. The lowest BCUT2D eigenvalue weighted by atomic mass is 10.1. The van der Waals surface area contributed by atoms with Crippen molar-refractivity contribution in [2.75, 3.05) is 6.54 Å². The van der Waals surface area contributed by atoms with E-state index < -0.39 is 24.2 Å². The number of hydrogen-bond donors (Lipinski definition) is 1. The van der Waals surface area contributed by atoms with E-state index in [1.54, 1.807) is 0 Å². The number of rotatable bonds is 6. The molecule has 0 aliphatic rings. The molecule has 1 aromatic heterocycles. The van der Waals surface area contributed by atoms with Gasteiger partial charge in [0.25, 0.3) is 5.91 Å². The van der Waals surface area contributed by atoms with Crippen molar-refractivity contribution < 1.29 is 23.6 Å². The van der Waals surface area contributed by atoms with Gasteiger partial charge in [0.05, 0.1) is 5.69 Å². The van der Waals surface area contributed by atoms with Crippen LogP contribution in [0.15, 0.2) is 34.9 Å². The van der Waals surface area contributed by atoms with E-state index in [-0.39, 0.29) is 18.2 Å². The minimum Gasteiger partial charge on any atom is -0.480 e. The van der Waals surface area contributed by atoms with Gasteiger partial charge in [-0.05, 0) is 23.6 Å². The fourth-order valence-electron chi connectivity index (χ4n) is 1.99. The average molecular weight is 320 g/mol. The second-order valence-electron chi connectivity index (χ2n) is 5.45. The first-order valence-electron chi connectivity index (χ1n) is 7.09. The van der Waals surface area contributed by atoms with Crippen LogP contribution in [0.25, 0.3) is 0 Å². The molecule has 1 N–H and O–H groups in total. The van der Waals surface area contributed by atoms with E-state index in [2.05, 4.69) is 5.16 Å². The number of carboxylic acids is 1. The molecule has 0 aliphatic heterocycles. The summed E-state index contributed by atoms with van der Waals surface area (Å²) in [4.78, 5) is 24.6. The SMILES string of the molecule is CC(C)c1cc(C(=O)N(CC(=O)O)Cc2ccc(F)cc2)on1. The predicted octanol–water partition coefficient (Wildman–Crippen LogP) is 2.66. The highest BCUT2D eigenvalue weighted by atomic mass is 19.1. The van der Waals surface area contributed by atoms with Gasteiger partial charge in [-0.3, -0.25) is 9.59 Å². The molecule has 1 heterocycles. The van der Waals surface area contributed by atoms with Gasteiger partial charge in [0, 0.05) is 12.6 Å². The summed E-state index contributed by atoms with van der Waals surface area (Å²) in [5, 5.41) is 12.8. The molecule has 2 rings (SSSR count). The Kier molecular flexibility index (Phi) is 5.10. The number of aromatic nitrogens is 1. The average Bonchev–Trinajstić information content (AvgIpc) is 2.97. The maximum atomic E-state index is 12.9. The van der Waals surface area contributed by atoms with Crippen LogP contribution in [-0.2, 0) is 11.3 Å². The highest BCUT2D eigenvalue weighted by molar-refractivity contribution is 5.93. The minimum absolute atomic E-state index is 0.0166. The Labute approximate surface area is 132 Å². The standard InChI is InChI=1S/C16H17FN2O4/c1-10(2)13-7-14(23-18-13)16(22)19(9-15(20)21)8-11-3-5-12(17)6-4-11/h3-7,10H,8-9H2,1-2H3,(H,20,21). The van der Waals surface area contributed by atoms with Crippen LogP contribution in [0.1, 0.15) is 41.6 Å². The Hall–Kier alpha value is -2.70. The number of benzene rings is 1. The molecule has 0 unspecified atom stereocenters. The summed E-state index contributed by atoms with van der Waals surface area (Å²) in [5.41, 5.74) is 1.23. The number of aliphatic carboxylic acids is 1. The molecule has 0 atom stereocenters. The number of carbonyl (C=O) groups excluding carboxylic acids is 1. The first kappa shape index (κ1) is 16.7. The van der Waals surface area contributed by atoms with Crippen LogP contribution in [-0.4, -0.2) is 33.6 Å². The lowest BCUT2D eigenvalue weighted by Crippen LogP contribution is -2.35. The summed E-state index contributed by atoms with van der Waals surface area (Å²) < 4.78 is 18.0. The molecule has 0 saturated heterocycles. The number of carbonyl (C=O) groups is 2. The predicted molar refractivity (Wildman–Crippen MR) is 79.4 cm³/mol. The third-order valence-corrected chi connectivity index (χ3v) is 3.23. The maximum absolute atomic E-state index is 12.9. The lowest BCUT2D eigenvalue weighted by Gasteiger charge is -2.19. The minimum atomic E-state index is -1.15. The summed E-state index contributed by atoms with van der Waals surface area (Å²) in [5.74, 6) is -2.05. The molecular formula is C16H17FN2O4. The number of nitrogens with zero attached hydrogens (tertiary/aromatic N) is 2. The van der Waals surface area contributed by atoms with Gasteiger partial charge in [0.15, 0.2) is 0 Å². The quantitative estimate of drug-likeness (QED) is 0.884. The van der Waals surface area contributed by atoms with E-state index >= 15 is 0 Å². The molecule has 0 saturated carbocycles. The van der Waals surface area contributed by atoms with Crippen LogP contribution < -0.4 is 0 Å². The Morgan fingerprint density at radius 1 is 1.30 bits per heavy atom. The number of halogens is 1. The van der Waals surface area contributed by atoms with Gasteiger partial charge in [0.2, 0.25) is 5.76 Å². The van der Waals surface area contributed by atoms with Crippen molar-refractivity contribution in [3.63, 3.8) is 0 Å². The summed E-state index contributed by atoms with van der Waals surface area (Å²) in [6, 6.07) is 7.01. The molecule has 1 amide bonds. The Balaban J connectivity index is 2.20. The van der Waals surface area contributed by atoms with Crippen LogP contribution in [0.2, 0.25) is 0 Å². The summed E-state index contributed by atoms with van der Waals surface area (Å²) in [7, 11) is 0. The number of carboxylic acid groups (broad SMARTS) is 1. The Bertz CT molecular complexity index is 694. The van der Waals surface area contributed by atoms with Gasteiger partial charge in [-0.2, -0.15) is 0 Å². The van der Waals surface area contributed by atoms with Crippen molar-refractivity contribution in [1.29, 1.82) is 0 Å². The zero-order valence-electron chi connectivity index (χ0n) is 12.8. The van der Waals surface area contributed by atoms with Gasteiger partial charge in [-0.25, -0.2) is 4.39 Å². The molecule has 0 aliphatic carbocycles. The van der Waals surface area contributed by atoms with Gasteiger partial charge >= 0.3 is 5.97 Å². The third-order valence-electron chi connectivity index (χ3n) is 3.23. The molecule has 23 heavy (non-hydrogen) atoms. The van der Waals surface area contributed by atoms with E-state index in [4.69, 9.17) is 9.63 Å². The zero-order valence-corrected chi connectivity index (χ0v) is 12.8. The van der Waals surface area contributed by atoms with Crippen molar-refractivity contribution in [1.82, 2.24) is 10.1 Å². The van der Waals surface area contributed by atoms with Gasteiger partial charge < -0.3 is 14.5 Å². The van der Waals surface area contributed by atoms with Gasteiger partial charge in [-0.1, -0.05) is 31.1 Å². The lowest BCUT2D eigenvalue weighted by molar-refractivity contribution is -0.137. The fourth-order valence-corrected chi connectivity index (χ4v) is 1.99. The fraction of sp³-hybridized carbons (Fsp3) is 0.312. The largest absolute Gasteiger partial charge is 0.480 e. The van der Waals surface area contributed by atoms with E-state index in [1.165, 1.54) is 30.3 Å². The summed E-state index contributed by atoms with van der Waals surface area (Å²) in [6.07, 6.45) is 0. The summed E-state index contributed by atoms with van der Waals surface area (Å²) in [6.45, 7) is 3.34. The Morgan fingerprint density at radius 2 is 1.96 bits per heavy atom. The molecular weight excluding hydrogens is 303 g/mol. The zero-order chi connectivity index (χ0) is 17.0. The van der Waals surface area contributed by atoms with Crippen LogP contribution in [0.4, 0.5) is 4.39 Å². The van der Waals surface area contributed by atoms with Crippen molar-refractivity contribution in [3.05, 3.63) is 53.2 Å². The molecule has 0 fully saturated rings. The topological polar surface area (TPSA) is 83.6 Å². The van der Waals surface area contributed by atoms with E-state index in [9.17, 15) is 14.0 Å². The van der Waals surface area contributed by atoms with E-state index in [0.717, 1.165) is 4.90 Å². The first-order chi connectivity index (χ1) is 10.9. The highest BCUT2D eigenvalue weighted by Crippen LogP contribution is 2.17. The molecule has 0 spiro atoms. The molecule has 1 aromatic carbocycles. The van der Waals surface area contributed by atoms with E-state index in [1.807, 2.05) is 13.8 Å². The molecule has 6 nitrogen and oxygen atoms in total. The highest BCUT2D eigenvalue weighted by Gasteiger charge is 2.23. The summed E-state index contributed by atoms with van der Waals surface area (Å²) >= 11 is 0. The monoisotopic (exact) mass is 320 g/mol. The molecule has 0 bridgehead atoms. The van der Waals surface area contributed by atoms with Crippen LogP contribution in [0.5, 0.6) is 0 Å². The van der Waals surface area contributed by atoms with Crippen molar-refractivity contribution in [3.8, 4) is 0 Å². The smallest absolute Gasteiger partial charge is 0.323 e. The number of amides is 1. The van der Waals surface area contributed by atoms with Crippen LogP contribution >= 0.6 is 0 Å². The van der Waals surface area contributed by atoms with Gasteiger partial charge in [0.1, 0.15) is 12.4 Å². The van der Waals surface area contributed by atoms with Gasteiger partial charge in [-0.15, -0.1) is 0 Å². The maximum Gasteiger partial charge on any atom is 0.323 e. The Morgan fingerprint density at radius 3 is 2.48 bits per heavy atom.